The molecular weight excluding hydrogens is 364 g/mol. The molecule has 29 heavy (non-hydrogen) atoms. The average molecular weight is 397 g/mol. The maximum atomic E-state index is 10.5. The lowest BCUT2D eigenvalue weighted by Gasteiger charge is -2.26. The quantitative estimate of drug-likeness (QED) is 0.779. The van der Waals surface area contributed by atoms with Gasteiger partial charge < -0.3 is 9.84 Å². The van der Waals surface area contributed by atoms with Gasteiger partial charge in [-0.1, -0.05) is 36.4 Å². The monoisotopic (exact) mass is 396 g/mol. The zero-order valence-corrected chi connectivity index (χ0v) is 17.1. The molecule has 2 aromatic rings. The van der Waals surface area contributed by atoms with Gasteiger partial charge in [-0.15, -0.1) is 0 Å². The summed E-state index contributed by atoms with van der Waals surface area (Å²) in [4.78, 5) is 8.03. The highest BCUT2D eigenvalue weighted by atomic mass is 16.7. The van der Waals surface area contributed by atoms with Crippen LogP contribution in [0.1, 0.15) is 29.5 Å². The molecule has 1 unspecified atom stereocenters. The lowest BCUT2D eigenvalue weighted by atomic mass is 10.0. The second kappa shape index (κ2) is 10.2. The number of aliphatic hydroxyl groups excluding tert-OH is 1. The number of hydrogen-bond acceptors (Lipinski definition) is 5. The first-order valence-corrected chi connectivity index (χ1v) is 10.8. The Labute approximate surface area is 173 Å². The Kier molecular flexibility index (Phi) is 7.17. The Morgan fingerprint density at radius 1 is 0.966 bits per heavy atom. The van der Waals surface area contributed by atoms with E-state index in [4.69, 9.17) is 9.57 Å². The van der Waals surface area contributed by atoms with E-state index in [2.05, 4.69) is 35.2 Å². The number of nitrogens with zero attached hydrogens (tertiary/aromatic N) is 2. The summed E-state index contributed by atoms with van der Waals surface area (Å²) in [5, 5.41) is 12.5. The van der Waals surface area contributed by atoms with Crippen LogP contribution < -0.4 is 4.74 Å². The molecule has 2 aromatic carbocycles. The van der Waals surface area contributed by atoms with Crippen LogP contribution in [0.15, 0.2) is 48.5 Å². The summed E-state index contributed by atoms with van der Waals surface area (Å²) in [6, 6.07) is 16.8. The first kappa shape index (κ1) is 20.4. The van der Waals surface area contributed by atoms with Crippen LogP contribution in [0, 0.1) is 0 Å². The van der Waals surface area contributed by atoms with Crippen molar-refractivity contribution in [3.05, 3.63) is 65.2 Å². The fourth-order valence-electron chi connectivity index (χ4n) is 4.15. The number of aliphatic hydroxyl groups is 1. The first-order chi connectivity index (χ1) is 14.3. The first-order valence-electron chi connectivity index (χ1n) is 10.8. The van der Waals surface area contributed by atoms with Crippen LogP contribution >= 0.6 is 0 Å². The van der Waals surface area contributed by atoms with Gasteiger partial charge >= 0.3 is 0 Å². The molecule has 5 nitrogen and oxygen atoms in total. The lowest BCUT2D eigenvalue weighted by molar-refractivity contribution is -0.187. The van der Waals surface area contributed by atoms with Crippen LogP contribution in [0.4, 0.5) is 0 Å². The van der Waals surface area contributed by atoms with Crippen LogP contribution in [0.25, 0.3) is 0 Å². The van der Waals surface area contributed by atoms with Crippen LogP contribution in [-0.2, 0) is 24.2 Å². The molecule has 0 spiro atoms. The fourth-order valence-corrected chi connectivity index (χ4v) is 4.15. The van der Waals surface area contributed by atoms with Crippen LogP contribution in [0.5, 0.6) is 5.75 Å². The van der Waals surface area contributed by atoms with Crippen molar-refractivity contribution in [2.45, 2.75) is 38.3 Å². The van der Waals surface area contributed by atoms with Gasteiger partial charge in [0.25, 0.3) is 0 Å². The summed E-state index contributed by atoms with van der Waals surface area (Å²) < 4.78 is 5.90. The van der Waals surface area contributed by atoms with E-state index in [0.29, 0.717) is 13.2 Å². The highest BCUT2D eigenvalue weighted by Gasteiger charge is 2.17. The predicted octanol–water partition coefficient (Wildman–Crippen LogP) is 3.05. The molecular formula is C24H32N2O3. The third-order valence-corrected chi connectivity index (χ3v) is 5.76. The van der Waals surface area contributed by atoms with Gasteiger partial charge in [0.2, 0.25) is 0 Å². The topological polar surface area (TPSA) is 45.2 Å². The van der Waals surface area contributed by atoms with Gasteiger partial charge in [0, 0.05) is 32.7 Å². The molecule has 5 heteroatoms. The van der Waals surface area contributed by atoms with Crippen molar-refractivity contribution in [2.75, 3.05) is 39.4 Å². The van der Waals surface area contributed by atoms with Crippen molar-refractivity contribution in [3.8, 4) is 5.75 Å². The van der Waals surface area contributed by atoms with Crippen LogP contribution in [-0.4, -0.2) is 60.6 Å². The molecule has 1 saturated heterocycles. The summed E-state index contributed by atoms with van der Waals surface area (Å²) in [6.07, 6.45) is 3.92. The SMILES string of the molecule is OC(COc1cccc(CN2CCCCO2)c1)CN1CCc2ccccc2CC1. The summed E-state index contributed by atoms with van der Waals surface area (Å²) in [7, 11) is 0. The number of benzene rings is 2. The molecule has 4 rings (SSSR count). The van der Waals surface area contributed by atoms with Crippen molar-refractivity contribution in [3.63, 3.8) is 0 Å². The number of hydrogen-bond donors (Lipinski definition) is 1. The second-order valence-electron chi connectivity index (χ2n) is 8.09. The van der Waals surface area contributed by atoms with Crippen molar-refractivity contribution in [1.29, 1.82) is 0 Å². The van der Waals surface area contributed by atoms with E-state index >= 15 is 0 Å². The standard InChI is InChI=1S/C24H32N2O3/c27-23(18-25-13-10-21-7-1-2-8-22(21)11-14-25)19-28-24-9-5-6-20(16-24)17-26-12-3-4-15-29-26/h1-2,5-9,16,23,27H,3-4,10-15,17-19H2. The third-order valence-electron chi connectivity index (χ3n) is 5.76. The van der Waals surface area contributed by atoms with E-state index in [1.165, 1.54) is 23.1 Å². The van der Waals surface area contributed by atoms with Gasteiger partial charge in [-0.3, -0.25) is 9.74 Å². The highest BCUT2D eigenvalue weighted by Crippen LogP contribution is 2.18. The molecule has 0 saturated carbocycles. The van der Waals surface area contributed by atoms with Crippen molar-refractivity contribution >= 4 is 0 Å². The van der Waals surface area contributed by atoms with Gasteiger partial charge in [0.15, 0.2) is 0 Å². The molecule has 2 heterocycles. The normalized spacial score (nSPS) is 19.3. The molecule has 0 aliphatic carbocycles. The molecule has 1 atom stereocenters. The molecule has 0 radical (unpaired) electrons. The number of ether oxygens (including phenoxy) is 1. The van der Waals surface area contributed by atoms with Gasteiger partial charge in [-0.25, -0.2) is 0 Å². The minimum atomic E-state index is -0.495. The van der Waals surface area contributed by atoms with Gasteiger partial charge in [0.05, 0.1) is 6.61 Å². The van der Waals surface area contributed by atoms with Crippen LogP contribution in [0.3, 0.4) is 0 Å². The number of fused-ring (bicyclic) bond motifs is 1. The predicted molar refractivity (Wildman–Crippen MR) is 114 cm³/mol. The zero-order valence-electron chi connectivity index (χ0n) is 17.1. The van der Waals surface area contributed by atoms with E-state index in [1.54, 1.807) is 0 Å². The fraction of sp³-hybridized carbons (Fsp3) is 0.500. The van der Waals surface area contributed by atoms with Crippen molar-refractivity contribution < 1.29 is 14.7 Å². The number of hydroxylamine groups is 2. The number of β-amino-alcohol motifs (C(OH)–C–C–N with tert-alkyl or cyclic N) is 1. The third kappa shape index (κ3) is 6.03. The Hall–Kier alpha value is -1.92. The lowest BCUT2D eigenvalue weighted by Crippen LogP contribution is -2.37. The Balaban J connectivity index is 1.23. The second-order valence-corrected chi connectivity index (χ2v) is 8.09. The van der Waals surface area contributed by atoms with Gasteiger partial charge in [0.1, 0.15) is 18.5 Å². The minimum absolute atomic E-state index is 0.313. The maximum absolute atomic E-state index is 10.5. The summed E-state index contributed by atoms with van der Waals surface area (Å²) >= 11 is 0. The molecule has 2 aliphatic heterocycles. The summed E-state index contributed by atoms with van der Waals surface area (Å²) in [6.45, 7) is 5.49. The largest absolute Gasteiger partial charge is 0.491 e. The molecule has 0 amide bonds. The zero-order chi connectivity index (χ0) is 19.9. The maximum Gasteiger partial charge on any atom is 0.119 e. The van der Waals surface area contributed by atoms with Crippen molar-refractivity contribution in [1.82, 2.24) is 9.96 Å². The van der Waals surface area contributed by atoms with Crippen molar-refractivity contribution in [2.24, 2.45) is 0 Å². The van der Waals surface area contributed by atoms with E-state index in [9.17, 15) is 5.11 Å². The molecule has 156 valence electrons. The van der Waals surface area contributed by atoms with E-state index < -0.39 is 6.10 Å². The van der Waals surface area contributed by atoms with E-state index in [0.717, 1.165) is 57.8 Å². The molecule has 0 aromatic heterocycles. The molecule has 2 aliphatic rings. The Morgan fingerprint density at radius 3 is 2.48 bits per heavy atom. The van der Waals surface area contributed by atoms with E-state index in [1.807, 2.05) is 23.3 Å². The number of rotatable bonds is 7. The van der Waals surface area contributed by atoms with E-state index in [-0.39, 0.29) is 0 Å². The Bertz CT molecular complexity index is 749. The smallest absolute Gasteiger partial charge is 0.119 e. The average Bonchev–Trinajstić information content (AvgIpc) is 2.96. The molecule has 1 fully saturated rings. The van der Waals surface area contributed by atoms with Crippen LogP contribution in [0.2, 0.25) is 0 Å². The summed E-state index contributed by atoms with van der Waals surface area (Å²) in [5.74, 6) is 0.807. The highest BCUT2D eigenvalue weighted by molar-refractivity contribution is 5.29. The Morgan fingerprint density at radius 2 is 1.76 bits per heavy atom. The van der Waals surface area contributed by atoms with Gasteiger partial charge in [-0.05, 0) is 54.5 Å². The molecule has 1 N–H and O–H groups in total. The minimum Gasteiger partial charge on any atom is -0.491 e. The summed E-state index contributed by atoms with van der Waals surface area (Å²) in [5.41, 5.74) is 4.05. The van der Waals surface area contributed by atoms with Gasteiger partial charge in [-0.2, -0.15) is 5.06 Å². The molecule has 0 bridgehead atoms.